The third-order valence-corrected chi connectivity index (χ3v) is 3.57. The van der Waals surface area contributed by atoms with E-state index in [1.165, 1.54) is 0 Å². The molecule has 0 fully saturated rings. The van der Waals surface area contributed by atoms with Crippen molar-refractivity contribution >= 4 is 17.6 Å². The summed E-state index contributed by atoms with van der Waals surface area (Å²) >= 11 is 6.22. The Labute approximate surface area is 130 Å². The van der Waals surface area contributed by atoms with Gasteiger partial charge in [-0.2, -0.15) is 0 Å². The standard InChI is InChI=1S/C18H19ClO2/c1-12-10-16(21-17(20)18(2,3)4)14(11-15(12)19)13-8-6-5-7-9-13/h5-11H,1-4H3. The molecule has 0 aromatic heterocycles. The predicted molar refractivity (Wildman–Crippen MR) is 86.7 cm³/mol. The van der Waals surface area contributed by atoms with Crippen LogP contribution < -0.4 is 4.74 Å². The third-order valence-electron chi connectivity index (χ3n) is 3.16. The minimum atomic E-state index is -0.554. The van der Waals surface area contributed by atoms with Crippen molar-refractivity contribution in [2.45, 2.75) is 27.7 Å². The fourth-order valence-corrected chi connectivity index (χ4v) is 2.00. The molecule has 0 bridgehead atoms. The molecule has 2 aromatic carbocycles. The Morgan fingerprint density at radius 2 is 1.71 bits per heavy atom. The van der Waals surface area contributed by atoms with Gasteiger partial charge in [0, 0.05) is 10.6 Å². The van der Waals surface area contributed by atoms with E-state index in [0.717, 1.165) is 16.7 Å². The summed E-state index contributed by atoms with van der Waals surface area (Å²) in [5.41, 5.74) is 2.12. The largest absolute Gasteiger partial charge is 0.425 e. The van der Waals surface area contributed by atoms with Crippen molar-refractivity contribution in [1.29, 1.82) is 0 Å². The molecule has 0 radical (unpaired) electrons. The van der Waals surface area contributed by atoms with E-state index in [1.54, 1.807) is 0 Å². The van der Waals surface area contributed by atoms with Gasteiger partial charge in [0.25, 0.3) is 0 Å². The van der Waals surface area contributed by atoms with Crippen LogP contribution in [0.2, 0.25) is 5.02 Å². The van der Waals surface area contributed by atoms with Crippen molar-refractivity contribution in [3.63, 3.8) is 0 Å². The molecule has 2 rings (SSSR count). The molecule has 110 valence electrons. The molecule has 0 saturated heterocycles. The molecular formula is C18H19ClO2. The van der Waals surface area contributed by atoms with Crippen LogP contribution in [0.5, 0.6) is 5.75 Å². The number of rotatable bonds is 2. The molecule has 2 nitrogen and oxygen atoms in total. The van der Waals surface area contributed by atoms with Gasteiger partial charge in [-0.3, -0.25) is 4.79 Å². The quantitative estimate of drug-likeness (QED) is 0.558. The first kappa shape index (κ1) is 15.6. The van der Waals surface area contributed by atoms with Gasteiger partial charge in [0.15, 0.2) is 0 Å². The average molecular weight is 303 g/mol. The van der Waals surface area contributed by atoms with Gasteiger partial charge in [0.05, 0.1) is 5.41 Å². The molecule has 0 aliphatic carbocycles. The summed E-state index contributed by atoms with van der Waals surface area (Å²) in [6, 6.07) is 13.4. The molecule has 0 unspecified atom stereocenters. The van der Waals surface area contributed by atoms with Crippen molar-refractivity contribution in [3.8, 4) is 16.9 Å². The Hall–Kier alpha value is -1.80. The number of halogens is 1. The molecule has 0 saturated carbocycles. The maximum absolute atomic E-state index is 12.2. The highest BCUT2D eigenvalue weighted by molar-refractivity contribution is 6.31. The zero-order valence-electron chi connectivity index (χ0n) is 12.7. The number of benzene rings is 2. The summed E-state index contributed by atoms with van der Waals surface area (Å²) in [6.45, 7) is 7.40. The molecule has 0 N–H and O–H groups in total. The topological polar surface area (TPSA) is 26.3 Å². The van der Waals surface area contributed by atoms with Gasteiger partial charge < -0.3 is 4.74 Å². The normalized spacial score (nSPS) is 11.3. The Kier molecular flexibility index (Phi) is 4.38. The lowest BCUT2D eigenvalue weighted by Crippen LogP contribution is -2.25. The first-order valence-corrected chi connectivity index (χ1v) is 7.24. The fraction of sp³-hybridized carbons (Fsp3) is 0.278. The van der Waals surface area contributed by atoms with E-state index in [9.17, 15) is 4.79 Å². The van der Waals surface area contributed by atoms with Crippen molar-refractivity contribution in [2.24, 2.45) is 5.41 Å². The molecular weight excluding hydrogens is 284 g/mol. The number of esters is 1. The minimum absolute atomic E-state index is 0.263. The lowest BCUT2D eigenvalue weighted by atomic mass is 9.97. The second-order valence-corrected chi connectivity index (χ2v) is 6.51. The van der Waals surface area contributed by atoms with Gasteiger partial charge in [0.1, 0.15) is 5.75 Å². The molecule has 0 atom stereocenters. The van der Waals surface area contributed by atoms with E-state index in [-0.39, 0.29) is 5.97 Å². The monoisotopic (exact) mass is 302 g/mol. The van der Waals surface area contributed by atoms with Gasteiger partial charge in [-0.15, -0.1) is 0 Å². The third kappa shape index (κ3) is 3.64. The molecule has 0 aliphatic rings. The van der Waals surface area contributed by atoms with Crippen LogP contribution in [-0.4, -0.2) is 5.97 Å². The Morgan fingerprint density at radius 1 is 1.10 bits per heavy atom. The molecule has 0 heterocycles. The summed E-state index contributed by atoms with van der Waals surface area (Å²) in [5.74, 6) is 0.282. The van der Waals surface area contributed by atoms with Crippen LogP contribution in [0.3, 0.4) is 0 Å². The van der Waals surface area contributed by atoms with Crippen molar-refractivity contribution in [1.82, 2.24) is 0 Å². The average Bonchev–Trinajstić information content (AvgIpc) is 2.42. The predicted octanol–water partition coefficient (Wildman–Crippen LogP) is 5.27. The number of ether oxygens (including phenoxy) is 1. The fourth-order valence-electron chi connectivity index (χ4n) is 1.84. The van der Waals surface area contributed by atoms with Gasteiger partial charge in [-0.05, 0) is 51.0 Å². The lowest BCUT2D eigenvalue weighted by Gasteiger charge is -2.19. The van der Waals surface area contributed by atoms with Crippen LogP contribution in [0.15, 0.2) is 42.5 Å². The molecule has 0 aliphatic heterocycles. The van der Waals surface area contributed by atoms with E-state index < -0.39 is 5.41 Å². The van der Waals surface area contributed by atoms with Gasteiger partial charge in [0.2, 0.25) is 0 Å². The minimum Gasteiger partial charge on any atom is -0.425 e. The second-order valence-electron chi connectivity index (χ2n) is 6.10. The molecule has 0 amide bonds. The summed E-state index contributed by atoms with van der Waals surface area (Å²) in [4.78, 5) is 12.2. The number of hydrogen-bond acceptors (Lipinski definition) is 2. The first-order valence-electron chi connectivity index (χ1n) is 6.87. The van der Waals surface area contributed by atoms with Crippen molar-refractivity contribution < 1.29 is 9.53 Å². The summed E-state index contributed by atoms with van der Waals surface area (Å²) in [6.07, 6.45) is 0. The maximum Gasteiger partial charge on any atom is 0.316 e. The molecule has 2 aromatic rings. The van der Waals surface area contributed by atoms with Crippen LogP contribution in [0.1, 0.15) is 26.3 Å². The van der Waals surface area contributed by atoms with Crippen LogP contribution in [0.4, 0.5) is 0 Å². The van der Waals surface area contributed by atoms with Gasteiger partial charge >= 0.3 is 5.97 Å². The van der Waals surface area contributed by atoms with E-state index in [0.29, 0.717) is 10.8 Å². The lowest BCUT2D eigenvalue weighted by molar-refractivity contribution is -0.142. The molecule has 0 spiro atoms. The Balaban J connectivity index is 2.50. The summed E-state index contributed by atoms with van der Waals surface area (Å²) < 4.78 is 5.60. The molecule has 3 heteroatoms. The summed E-state index contributed by atoms with van der Waals surface area (Å²) in [7, 11) is 0. The van der Waals surface area contributed by atoms with Crippen LogP contribution in [0.25, 0.3) is 11.1 Å². The van der Waals surface area contributed by atoms with Crippen LogP contribution >= 0.6 is 11.6 Å². The maximum atomic E-state index is 12.2. The van der Waals surface area contributed by atoms with Crippen LogP contribution in [0, 0.1) is 12.3 Å². The van der Waals surface area contributed by atoms with Crippen molar-refractivity contribution in [3.05, 3.63) is 53.1 Å². The highest BCUT2D eigenvalue weighted by Crippen LogP contribution is 2.35. The number of hydrogen-bond donors (Lipinski definition) is 0. The number of carbonyl (C=O) groups excluding carboxylic acids is 1. The highest BCUT2D eigenvalue weighted by atomic mass is 35.5. The number of carbonyl (C=O) groups is 1. The van der Waals surface area contributed by atoms with Crippen molar-refractivity contribution in [2.75, 3.05) is 0 Å². The summed E-state index contributed by atoms with van der Waals surface area (Å²) in [5, 5.41) is 0.657. The first-order chi connectivity index (χ1) is 9.79. The van der Waals surface area contributed by atoms with E-state index in [1.807, 2.05) is 70.2 Å². The second kappa shape index (κ2) is 5.90. The van der Waals surface area contributed by atoms with Gasteiger partial charge in [-0.25, -0.2) is 0 Å². The Morgan fingerprint density at radius 3 is 2.29 bits per heavy atom. The van der Waals surface area contributed by atoms with E-state index in [4.69, 9.17) is 16.3 Å². The van der Waals surface area contributed by atoms with Crippen LogP contribution in [-0.2, 0) is 4.79 Å². The zero-order chi connectivity index (χ0) is 15.6. The SMILES string of the molecule is Cc1cc(OC(=O)C(C)(C)C)c(-c2ccccc2)cc1Cl. The van der Waals surface area contributed by atoms with E-state index >= 15 is 0 Å². The van der Waals surface area contributed by atoms with Gasteiger partial charge in [-0.1, -0.05) is 41.9 Å². The smallest absolute Gasteiger partial charge is 0.316 e. The highest BCUT2D eigenvalue weighted by Gasteiger charge is 2.25. The molecule has 21 heavy (non-hydrogen) atoms. The number of aryl methyl sites for hydroxylation is 1. The van der Waals surface area contributed by atoms with E-state index in [2.05, 4.69) is 0 Å². The zero-order valence-corrected chi connectivity index (χ0v) is 13.5. The Bertz CT molecular complexity index is 655.